The zero-order valence-corrected chi connectivity index (χ0v) is 16.2. The molecule has 25 heavy (non-hydrogen) atoms. The van der Waals surface area contributed by atoms with E-state index in [1.165, 1.54) is 34.2 Å². The first-order chi connectivity index (χ1) is 12.0. The number of aryl methyl sites for hydroxylation is 1. The Bertz CT molecular complexity index is 750. The number of benzene rings is 1. The van der Waals surface area contributed by atoms with Crippen molar-refractivity contribution >= 4 is 39.8 Å². The Morgan fingerprint density at radius 2 is 2.28 bits per heavy atom. The zero-order chi connectivity index (χ0) is 17.8. The Kier molecular flexibility index (Phi) is 5.93. The third-order valence-corrected chi connectivity index (χ3v) is 6.12. The Morgan fingerprint density at radius 3 is 3.08 bits per heavy atom. The maximum absolute atomic E-state index is 12.3. The first-order valence-corrected chi connectivity index (χ1v) is 10.0. The van der Waals surface area contributed by atoms with Gasteiger partial charge in [0.1, 0.15) is 0 Å². The minimum atomic E-state index is 0.109. The second kappa shape index (κ2) is 8.16. The van der Waals surface area contributed by atoms with E-state index in [4.69, 9.17) is 4.74 Å². The van der Waals surface area contributed by atoms with E-state index in [-0.39, 0.29) is 12.0 Å². The van der Waals surface area contributed by atoms with Crippen molar-refractivity contribution in [2.75, 3.05) is 30.8 Å². The van der Waals surface area contributed by atoms with Gasteiger partial charge < -0.3 is 15.0 Å². The summed E-state index contributed by atoms with van der Waals surface area (Å²) in [6, 6.07) is 6.13. The number of nitrogens with zero attached hydrogens (tertiary/aromatic N) is 3. The second-order valence-corrected chi connectivity index (χ2v) is 8.26. The Balaban J connectivity index is 1.55. The van der Waals surface area contributed by atoms with E-state index in [1.54, 1.807) is 0 Å². The van der Waals surface area contributed by atoms with Crippen LogP contribution in [-0.2, 0) is 9.53 Å². The molecule has 0 saturated carbocycles. The number of morpholine rings is 1. The van der Waals surface area contributed by atoms with Gasteiger partial charge in [-0.15, -0.1) is 10.2 Å². The number of aromatic nitrogens is 2. The molecule has 3 rings (SSSR count). The SMILES string of the molecule is Cc1cccc(Nc2nnc(SCC(=O)N3CCOC(C)C3)s2)c1C. The van der Waals surface area contributed by atoms with E-state index in [0.29, 0.717) is 25.4 Å². The highest BCUT2D eigenvalue weighted by Gasteiger charge is 2.21. The first kappa shape index (κ1) is 18.2. The Labute approximate surface area is 156 Å². The van der Waals surface area contributed by atoms with Gasteiger partial charge in [0, 0.05) is 18.8 Å². The number of ether oxygens (including phenoxy) is 1. The molecule has 1 amide bonds. The normalized spacial score (nSPS) is 17.6. The van der Waals surface area contributed by atoms with Gasteiger partial charge >= 0.3 is 0 Å². The van der Waals surface area contributed by atoms with Gasteiger partial charge in [0.25, 0.3) is 0 Å². The molecule has 2 heterocycles. The molecule has 0 aliphatic carbocycles. The van der Waals surface area contributed by atoms with Gasteiger partial charge in [0.15, 0.2) is 4.34 Å². The largest absolute Gasteiger partial charge is 0.375 e. The summed E-state index contributed by atoms with van der Waals surface area (Å²) in [5.74, 6) is 0.504. The average molecular weight is 379 g/mol. The lowest BCUT2D eigenvalue weighted by Gasteiger charge is -2.31. The molecular weight excluding hydrogens is 356 g/mol. The summed E-state index contributed by atoms with van der Waals surface area (Å²) in [7, 11) is 0. The fourth-order valence-electron chi connectivity index (χ4n) is 2.58. The quantitative estimate of drug-likeness (QED) is 0.806. The lowest BCUT2D eigenvalue weighted by molar-refractivity contribution is -0.135. The molecule has 0 bridgehead atoms. The van der Waals surface area contributed by atoms with E-state index >= 15 is 0 Å². The van der Waals surface area contributed by atoms with Crippen molar-refractivity contribution in [2.45, 2.75) is 31.2 Å². The first-order valence-electron chi connectivity index (χ1n) is 8.22. The molecule has 134 valence electrons. The van der Waals surface area contributed by atoms with Crippen LogP contribution < -0.4 is 5.32 Å². The number of rotatable bonds is 5. The third kappa shape index (κ3) is 4.71. The van der Waals surface area contributed by atoms with Crippen LogP contribution in [0.3, 0.4) is 0 Å². The Hall–Kier alpha value is -1.64. The topological polar surface area (TPSA) is 67.4 Å². The highest BCUT2D eigenvalue weighted by atomic mass is 32.2. The van der Waals surface area contributed by atoms with Crippen LogP contribution in [0.4, 0.5) is 10.8 Å². The summed E-state index contributed by atoms with van der Waals surface area (Å²) in [6.45, 7) is 8.09. The van der Waals surface area contributed by atoms with Gasteiger partial charge in [-0.3, -0.25) is 4.79 Å². The van der Waals surface area contributed by atoms with Crippen molar-refractivity contribution in [2.24, 2.45) is 0 Å². The number of nitrogens with one attached hydrogen (secondary N) is 1. The molecule has 2 aromatic rings. The number of anilines is 2. The molecule has 1 unspecified atom stereocenters. The third-order valence-electron chi connectivity index (χ3n) is 4.17. The maximum atomic E-state index is 12.3. The van der Waals surface area contributed by atoms with Crippen LogP contribution in [0.15, 0.2) is 22.5 Å². The monoisotopic (exact) mass is 378 g/mol. The fraction of sp³-hybridized carbons (Fsp3) is 0.471. The molecule has 1 N–H and O–H groups in total. The second-order valence-electron chi connectivity index (χ2n) is 6.06. The lowest BCUT2D eigenvalue weighted by atomic mass is 10.1. The summed E-state index contributed by atoms with van der Waals surface area (Å²) >= 11 is 2.90. The van der Waals surface area contributed by atoms with Crippen LogP contribution >= 0.6 is 23.1 Å². The van der Waals surface area contributed by atoms with Crippen LogP contribution in [0.2, 0.25) is 0 Å². The van der Waals surface area contributed by atoms with E-state index < -0.39 is 0 Å². The molecule has 8 heteroatoms. The number of carbonyl (C=O) groups excluding carboxylic acids is 1. The van der Waals surface area contributed by atoms with Crippen LogP contribution in [-0.4, -0.2) is 52.6 Å². The standard InChI is InChI=1S/C17H22N4O2S2/c1-11-5-4-6-14(13(11)3)18-16-19-20-17(25-16)24-10-15(22)21-7-8-23-12(2)9-21/h4-6,12H,7-10H2,1-3H3,(H,18,19). The van der Waals surface area contributed by atoms with Crippen LogP contribution in [0.25, 0.3) is 0 Å². The van der Waals surface area contributed by atoms with Crippen molar-refractivity contribution < 1.29 is 9.53 Å². The van der Waals surface area contributed by atoms with Gasteiger partial charge in [-0.25, -0.2) is 0 Å². The number of hydrogen-bond acceptors (Lipinski definition) is 7. The molecule has 1 aromatic carbocycles. The molecule has 1 saturated heterocycles. The number of hydrogen-bond donors (Lipinski definition) is 1. The van der Waals surface area contributed by atoms with E-state index in [0.717, 1.165) is 15.2 Å². The van der Waals surface area contributed by atoms with Crippen LogP contribution in [0, 0.1) is 13.8 Å². The molecule has 1 aliphatic heterocycles. The van der Waals surface area contributed by atoms with Gasteiger partial charge in [0.05, 0.1) is 18.5 Å². The lowest BCUT2D eigenvalue weighted by Crippen LogP contribution is -2.45. The molecule has 1 aromatic heterocycles. The Morgan fingerprint density at radius 1 is 1.44 bits per heavy atom. The minimum Gasteiger partial charge on any atom is -0.375 e. The van der Waals surface area contributed by atoms with Gasteiger partial charge in [-0.05, 0) is 38.0 Å². The van der Waals surface area contributed by atoms with Crippen molar-refractivity contribution in [1.29, 1.82) is 0 Å². The van der Waals surface area contributed by atoms with Gasteiger partial charge in [-0.1, -0.05) is 35.2 Å². The van der Waals surface area contributed by atoms with Crippen molar-refractivity contribution in [1.82, 2.24) is 15.1 Å². The van der Waals surface area contributed by atoms with Gasteiger partial charge in [-0.2, -0.15) is 0 Å². The average Bonchev–Trinajstić information content (AvgIpc) is 3.04. The summed E-state index contributed by atoms with van der Waals surface area (Å²) in [5.41, 5.74) is 3.46. The predicted molar refractivity (Wildman–Crippen MR) is 102 cm³/mol. The summed E-state index contributed by atoms with van der Waals surface area (Å²) in [6.07, 6.45) is 0.109. The highest BCUT2D eigenvalue weighted by molar-refractivity contribution is 8.01. The molecular formula is C17H22N4O2S2. The smallest absolute Gasteiger partial charge is 0.233 e. The fourth-order valence-corrected chi connectivity index (χ4v) is 4.25. The molecule has 0 radical (unpaired) electrons. The molecule has 1 atom stereocenters. The maximum Gasteiger partial charge on any atom is 0.233 e. The predicted octanol–water partition coefficient (Wildman–Crippen LogP) is 3.24. The van der Waals surface area contributed by atoms with Gasteiger partial charge in [0.2, 0.25) is 11.0 Å². The number of carbonyl (C=O) groups is 1. The van der Waals surface area contributed by atoms with Crippen molar-refractivity contribution in [3.8, 4) is 0 Å². The summed E-state index contributed by atoms with van der Waals surface area (Å²) in [5, 5.41) is 12.4. The van der Waals surface area contributed by atoms with Crippen molar-refractivity contribution in [3.63, 3.8) is 0 Å². The van der Waals surface area contributed by atoms with Crippen LogP contribution in [0.1, 0.15) is 18.1 Å². The highest BCUT2D eigenvalue weighted by Crippen LogP contribution is 2.29. The number of amides is 1. The summed E-state index contributed by atoms with van der Waals surface area (Å²) in [4.78, 5) is 14.1. The van der Waals surface area contributed by atoms with E-state index in [1.807, 2.05) is 24.0 Å². The minimum absolute atomic E-state index is 0.109. The van der Waals surface area contributed by atoms with Crippen LogP contribution in [0.5, 0.6) is 0 Å². The summed E-state index contributed by atoms with van der Waals surface area (Å²) < 4.78 is 6.26. The molecule has 6 nitrogen and oxygen atoms in total. The zero-order valence-electron chi connectivity index (χ0n) is 14.6. The van der Waals surface area contributed by atoms with E-state index in [9.17, 15) is 4.79 Å². The molecule has 0 spiro atoms. The number of thioether (sulfide) groups is 1. The van der Waals surface area contributed by atoms with Crippen molar-refractivity contribution in [3.05, 3.63) is 29.3 Å². The molecule has 1 aliphatic rings. The van der Waals surface area contributed by atoms with E-state index in [2.05, 4.69) is 35.4 Å². The molecule has 1 fully saturated rings.